The normalized spacial score (nSPS) is 10.2. The molecule has 0 radical (unpaired) electrons. The van der Waals surface area contributed by atoms with Crippen LogP contribution in [0.15, 0.2) is 36.4 Å². The highest BCUT2D eigenvalue weighted by Crippen LogP contribution is 2.26. The predicted octanol–water partition coefficient (Wildman–Crippen LogP) is 5.29. The Labute approximate surface area is 156 Å². The Balaban J connectivity index is 2.19. The van der Waals surface area contributed by atoms with Crippen molar-refractivity contribution in [3.8, 4) is 0 Å². The van der Waals surface area contributed by atoms with E-state index >= 15 is 0 Å². The third kappa shape index (κ3) is 4.84. The Morgan fingerprint density at radius 1 is 1.12 bits per heavy atom. The number of nitrogens with one attached hydrogen (secondary N) is 2. The lowest BCUT2D eigenvalue weighted by molar-refractivity contribution is 0.0527. The van der Waals surface area contributed by atoms with Crippen LogP contribution >= 0.6 is 35.4 Å². The molecular formula is C17H16Cl2N2O2S. The van der Waals surface area contributed by atoms with Crippen LogP contribution in [0.1, 0.15) is 22.8 Å². The quantitative estimate of drug-likeness (QED) is 0.555. The van der Waals surface area contributed by atoms with Gasteiger partial charge in [0.1, 0.15) is 0 Å². The van der Waals surface area contributed by atoms with Gasteiger partial charge in [-0.05, 0) is 56.4 Å². The number of rotatable bonds is 4. The van der Waals surface area contributed by atoms with Gasteiger partial charge in [0.25, 0.3) is 0 Å². The zero-order valence-electron chi connectivity index (χ0n) is 13.2. The summed E-state index contributed by atoms with van der Waals surface area (Å²) >= 11 is 17.3. The van der Waals surface area contributed by atoms with E-state index < -0.39 is 5.97 Å². The number of hydrogen-bond donors (Lipinski definition) is 2. The second kappa shape index (κ2) is 8.33. The maximum atomic E-state index is 12.1. The minimum absolute atomic E-state index is 0.286. The van der Waals surface area contributed by atoms with E-state index in [1.165, 1.54) is 0 Å². The zero-order valence-corrected chi connectivity index (χ0v) is 15.5. The van der Waals surface area contributed by atoms with E-state index in [0.29, 0.717) is 33.6 Å². The molecule has 24 heavy (non-hydrogen) atoms. The van der Waals surface area contributed by atoms with E-state index in [9.17, 15) is 4.79 Å². The van der Waals surface area contributed by atoms with Gasteiger partial charge >= 0.3 is 5.97 Å². The highest BCUT2D eigenvalue weighted by Gasteiger charge is 2.14. The average molecular weight is 383 g/mol. The van der Waals surface area contributed by atoms with E-state index in [0.717, 1.165) is 5.56 Å². The summed E-state index contributed by atoms with van der Waals surface area (Å²) in [5.74, 6) is -0.410. The number of thiocarbonyl (C=S) groups is 1. The molecule has 0 aliphatic rings. The second-order valence-corrected chi connectivity index (χ2v) is 6.22. The van der Waals surface area contributed by atoms with Gasteiger partial charge in [-0.1, -0.05) is 34.8 Å². The molecule has 7 heteroatoms. The van der Waals surface area contributed by atoms with Crippen LogP contribution in [0.5, 0.6) is 0 Å². The molecule has 4 nitrogen and oxygen atoms in total. The summed E-state index contributed by atoms with van der Waals surface area (Å²) in [5.41, 5.74) is 2.49. The molecular weight excluding hydrogens is 367 g/mol. The van der Waals surface area contributed by atoms with E-state index in [4.69, 9.17) is 40.2 Å². The summed E-state index contributed by atoms with van der Waals surface area (Å²) < 4.78 is 5.08. The fraction of sp³-hybridized carbons (Fsp3) is 0.176. The molecule has 2 aromatic rings. The SMILES string of the molecule is CCOC(=O)c1cc(C)ccc1NC(=S)Nc1cc(Cl)ccc1Cl. The van der Waals surface area contributed by atoms with Gasteiger partial charge < -0.3 is 15.4 Å². The number of carbonyl (C=O) groups is 1. The van der Waals surface area contributed by atoms with Gasteiger partial charge in [-0.15, -0.1) is 0 Å². The van der Waals surface area contributed by atoms with E-state index in [2.05, 4.69) is 10.6 Å². The summed E-state index contributed by atoms with van der Waals surface area (Å²) in [7, 11) is 0. The standard InChI is InChI=1S/C17H16Cl2N2O2S/c1-3-23-16(22)12-8-10(2)4-7-14(12)20-17(24)21-15-9-11(18)5-6-13(15)19/h4-9H,3H2,1-2H3,(H2,20,21,24). The van der Waals surface area contributed by atoms with Crippen molar-refractivity contribution in [3.63, 3.8) is 0 Å². The van der Waals surface area contributed by atoms with E-state index in [-0.39, 0.29) is 5.11 Å². The monoisotopic (exact) mass is 382 g/mol. The van der Waals surface area contributed by atoms with Gasteiger partial charge in [0.2, 0.25) is 0 Å². The number of ether oxygens (including phenoxy) is 1. The maximum Gasteiger partial charge on any atom is 0.340 e. The average Bonchev–Trinajstić information content (AvgIpc) is 2.53. The van der Waals surface area contributed by atoms with Crippen LogP contribution < -0.4 is 10.6 Å². The Bertz CT molecular complexity index is 781. The first-order chi connectivity index (χ1) is 11.4. The first kappa shape index (κ1) is 18.5. The number of hydrogen-bond acceptors (Lipinski definition) is 3. The van der Waals surface area contributed by atoms with Crippen molar-refractivity contribution in [2.45, 2.75) is 13.8 Å². The van der Waals surface area contributed by atoms with Crippen LogP contribution in [0.3, 0.4) is 0 Å². The molecule has 0 atom stereocenters. The van der Waals surface area contributed by atoms with Crippen molar-refractivity contribution in [2.75, 3.05) is 17.2 Å². The molecule has 0 heterocycles. The van der Waals surface area contributed by atoms with Crippen LogP contribution in [0, 0.1) is 6.92 Å². The molecule has 0 fully saturated rings. The van der Waals surface area contributed by atoms with Crippen LogP contribution in [-0.2, 0) is 4.74 Å². The summed E-state index contributed by atoms with van der Waals surface area (Å²) in [6.45, 7) is 3.95. The van der Waals surface area contributed by atoms with Crippen LogP contribution in [0.25, 0.3) is 0 Å². The highest BCUT2D eigenvalue weighted by molar-refractivity contribution is 7.80. The molecule has 0 saturated heterocycles. The number of carbonyl (C=O) groups excluding carboxylic acids is 1. The van der Waals surface area contributed by atoms with Crippen molar-refractivity contribution in [3.05, 3.63) is 57.6 Å². The van der Waals surface area contributed by atoms with E-state index in [1.54, 1.807) is 37.3 Å². The van der Waals surface area contributed by atoms with Crippen LogP contribution in [0.2, 0.25) is 10.0 Å². The van der Waals surface area contributed by atoms with Gasteiger partial charge in [-0.25, -0.2) is 4.79 Å². The van der Waals surface area contributed by atoms with Gasteiger partial charge in [0.15, 0.2) is 5.11 Å². The number of benzene rings is 2. The minimum atomic E-state index is -0.410. The highest BCUT2D eigenvalue weighted by atomic mass is 35.5. The Morgan fingerprint density at radius 2 is 1.83 bits per heavy atom. The molecule has 0 unspecified atom stereocenters. The van der Waals surface area contributed by atoms with Crippen molar-refractivity contribution in [1.29, 1.82) is 0 Å². The predicted molar refractivity (Wildman–Crippen MR) is 103 cm³/mol. The van der Waals surface area contributed by atoms with E-state index in [1.807, 2.05) is 13.0 Å². The summed E-state index contributed by atoms with van der Waals surface area (Å²) in [5, 5.41) is 7.26. The fourth-order valence-corrected chi connectivity index (χ4v) is 2.57. The second-order valence-electron chi connectivity index (χ2n) is 4.97. The molecule has 2 rings (SSSR count). The summed E-state index contributed by atoms with van der Waals surface area (Å²) in [6.07, 6.45) is 0. The molecule has 0 spiro atoms. The van der Waals surface area contributed by atoms with Crippen molar-refractivity contribution < 1.29 is 9.53 Å². The molecule has 0 amide bonds. The number of halogens is 2. The lowest BCUT2D eigenvalue weighted by Gasteiger charge is -2.15. The summed E-state index contributed by atoms with van der Waals surface area (Å²) in [4.78, 5) is 12.1. The summed E-state index contributed by atoms with van der Waals surface area (Å²) in [6, 6.07) is 10.4. The molecule has 2 N–H and O–H groups in total. The minimum Gasteiger partial charge on any atom is -0.462 e. The molecule has 0 aliphatic heterocycles. The maximum absolute atomic E-state index is 12.1. The van der Waals surface area contributed by atoms with Gasteiger partial charge in [-0.3, -0.25) is 0 Å². The largest absolute Gasteiger partial charge is 0.462 e. The van der Waals surface area contributed by atoms with Crippen LogP contribution in [-0.4, -0.2) is 17.7 Å². The topological polar surface area (TPSA) is 50.4 Å². The number of aryl methyl sites for hydroxylation is 1. The lowest BCUT2D eigenvalue weighted by Crippen LogP contribution is -2.21. The fourth-order valence-electron chi connectivity index (χ4n) is 2.01. The number of esters is 1. The molecule has 0 aliphatic carbocycles. The Morgan fingerprint density at radius 3 is 2.54 bits per heavy atom. The van der Waals surface area contributed by atoms with Gasteiger partial charge in [-0.2, -0.15) is 0 Å². The zero-order chi connectivity index (χ0) is 17.7. The van der Waals surface area contributed by atoms with Gasteiger partial charge in [0, 0.05) is 5.02 Å². The molecule has 0 aromatic heterocycles. The first-order valence-electron chi connectivity index (χ1n) is 7.21. The smallest absolute Gasteiger partial charge is 0.340 e. The third-order valence-corrected chi connectivity index (χ3v) is 3.86. The number of anilines is 2. The van der Waals surface area contributed by atoms with Crippen molar-refractivity contribution in [2.24, 2.45) is 0 Å². The van der Waals surface area contributed by atoms with Gasteiger partial charge in [0.05, 0.1) is 28.6 Å². The lowest BCUT2D eigenvalue weighted by atomic mass is 10.1. The Hall–Kier alpha value is -1.82. The Kier molecular flexibility index (Phi) is 6.43. The molecule has 126 valence electrons. The molecule has 0 saturated carbocycles. The van der Waals surface area contributed by atoms with Crippen molar-refractivity contribution >= 4 is 57.9 Å². The van der Waals surface area contributed by atoms with Crippen molar-refractivity contribution in [1.82, 2.24) is 0 Å². The third-order valence-electron chi connectivity index (χ3n) is 3.10. The molecule has 2 aromatic carbocycles. The first-order valence-corrected chi connectivity index (χ1v) is 8.38. The van der Waals surface area contributed by atoms with Crippen LogP contribution in [0.4, 0.5) is 11.4 Å². The molecule has 0 bridgehead atoms.